The highest BCUT2D eigenvalue weighted by Crippen LogP contribution is 2.30. The van der Waals surface area contributed by atoms with Gasteiger partial charge in [0.15, 0.2) is 5.13 Å². The molecule has 1 atom stereocenters. The van der Waals surface area contributed by atoms with E-state index in [1.54, 1.807) is 0 Å². The molecule has 1 aromatic heterocycles. The number of nitrogens with zero attached hydrogens (tertiary/aromatic N) is 2. The van der Waals surface area contributed by atoms with E-state index in [0.29, 0.717) is 6.42 Å². The summed E-state index contributed by atoms with van der Waals surface area (Å²) in [6.45, 7) is 5.33. The van der Waals surface area contributed by atoms with Gasteiger partial charge in [0.1, 0.15) is 5.25 Å². The van der Waals surface area contributed by atoms with E-state index in [2.05, 4.69) is 16.3 Å². The van der Waals surface area contributed by atoms with Crippen molar-refractivity contribution in [3.8, 4) is 5.88 Å². The number of sulfonamides is 1. The summed E-state index contributed by atoms with van der Waals surface area (Å²) < 4.78 is 32.6. The molecular formula is C16H17N3O6S2. The third-order valence-corrected chi connectivity index (χ3v) is 5.82. The molecular weight excluding hydrogens is 394 g/mol. The van der Waals surface area contributed by atoms with Crippen molar-refractivity contribution in [2.45, 2.75) is 25.0 Å². The van der Waals surface area contributed by atoms with Gasteiger partial charge in [0.2, 0.25) is 15.9 Å². The lowest BCUT2D eigenvalue weighted by Crippen LogP contribution is -2.20. The van der Waals surface area contributed by atoms with Gasteiger partial charge in [-0.15, -0.1) is 17.9 Å². The van der Waals surface area contributed by atoms with Gasteiger partial charge >= 0.3 is 5.97 Å². The van der Waals surface area contributed by atoms with Gasteiger partial charge in [-0.25, -0.2) is 8.42 Å². The smallest absolute Gasteiger partial charge is 0.312 e. The number of esters is 1. The molecule has 0 radical (unpaired) electrons. The molecule has 0 fully saturated rings. The molecule has 0 amide bonds. The van der Waals surface area contributed by atoms with Gasteiger partial charge in [-0.05, 0) is 12.0 Å². The van der Waals surface area contributed by atoms with Crippen LogP contribution < -0.4 is 9.46 Å². The van der Waals surface area contributed by atoms with Gasteiger partial charge in [0.25, 0.3) is 5.69 Å². The molecule has 1 aromatic carbocycles. The molecule has 0 aliphatic rings. The Kier molecular flexibility index (Phi) is 6.64. The number of nitro benzene ring substituents is 1. The molecule has 9 nitrogen and oxygen atoms in total. The van der Waals surface area contributed by atoms with Crippen LogP contribution in [0.15, 0.2) is 42.3 Å². The Labute approximate surface area is 159 Å². The molecule has 1 unspecified atom stereocenters. The van der Waals surface area contributed by atoms with Gasteiger partial charge in [0, 0.05) is 18.6 Å². The van der Waals surface area contributed by atoms with Crippen LogP contribution >= 0.6 is 11.3 Å². The van der Waals surface area contributed by atoms with E-state index in [1.165, 1.54) is 29.6 Å². The number of carbonyl (C=O) groups excluding carboxylic acids is 1. The van der Waals surface area contributed by atoms with Crippen LogP contribution in [0.1, 0.15) is 30.6 Å². The number of nitrogens with one attached hydrogen (secondary N) is 1. The van der Waals surface area contributed by atoms with Gasteiger partial charge in [0.05, 0.1) is 10.3 Å². The predicted molar refractivity (Wildman–Crippen MR) is 101 cm³/mol. The van der Waals surface area contributed by atoms with Crippen molar-refractivity contribution in [2.24, 2.45) is 0 Å². The largest absolute Gasteiger partial charge is 0.406 e. The summed E-state index contributed by atoms with van der Waals surface area (Å²) in [6.07, 6.45) is 2.01. The Morgan fingerprint density at radius 2 is 2.26 bits per heavy atom. The van der Waals surface area contributed by atoms with Crippen LogP contribution in [0.5, 0.6) is 5.88 Å². The first-order chi connectivity index (χ1) is 12.8. The second-order valence-electron chi connectivity index (χ2n) is 5.37. The van der Waals surface area contributed by atoms with Gasteiger partial charge in [-0.1, -0.05) is 25.1 Å². The SMILES string of the molecule is C=CC(c1cccc([N+](=O)[O-])c1)S(=O)(=O)Nc1nc(OC(=O)CCC)cs1. The fraction of sp³-hybridized carbons (Fsp3) is 0.250. The number of carbonyl (C=O) groups is 1. The highest BCUT2D eigenvalue weighted by molar-refractivity contribution is 7.93. The van der Waals surface area contributed by atoms with E-state index in [1.807, 2.05) is 6.92 Å². The first kappa shape index (κ1) is 20.5. The van der Waals surface area contributed by atoms with Gasteiger partial charge in [-0.2, -0.15) is 4.98 Å². The van der Waals surface area contributed by atoms with E-state index in [-0.39, 0.29) is 28.7 Å². The monoisotopic (exact) mass is 411 g/mol. The summed E-state index contributed by atoms with van der Waals surface area (Å²) in [7, 11) is -4.03. The number of hydrogen-bond donors (Lipinski definition) is 1. The third-order valence-electron chi connectivity index (χ3n) is 3.34. The molecule has 0 saturated carbocycles. The van der Waals surface area contributed by atoms with E-state index in [9.17, 15) is 23.3 Å². The van der Waals surface area contributed by atoms with E-state index >= 15 is 0 Å². The number of ether oxygens (including phenoxy) is 1. The van der Waals surface area contributed by atoms with Crippen LogP contribution in [-0.4, -0.2) is 24.3 Å². The molecule has 144 valence electrons. The predicted octanol–water partition coefficient (Wildman–Crippen LogP) is 3.43. The Morgan fingerprint density at radius 3 is 2.89 bits per heavy atom. The summed E-state index contributed by atoms with van der Waals surface area (Å²) in [5.74, 6) is -0.459. The number of aromatic nitrogens is 1. The first-order valence-corrected chi connectivity index (χ1v) is 10.2. The number of thiazole rings is 1. The highest BCUT2D eigenvalue weighted by Gasteiger charge is 2.27. The highest BCUT2D eigenvalue weighted by atomic mass is 32.2. The zero-order chi connectivity index (χ0) is 20.0. The van der Waals surface area contributed by atoms with Crippen molar-refractivity contribution >= 4 is 38.1 Å². The lowest BCUT2D eigenvalue weighted by Gasteiger charge is -2.14. The molecule has 11 heteroatoms. The summed E-state index contributed by atoms with van der Waals surface area (Å²) in [5.41, 5.74) is -0.0354. The van der Waals surface area contributed by atoms with Crippen LogP contribution in [0.3, 0.4) is 0 Å². The molecule has 2 rings (SSSR count). The average molecular weight is 411 g/mol. The fourth-order valence-electron chi connectivity index (χ4n) is 2.17. The normalized spacial score (nSPS) is 12.2. The maximum Gasteiger partial charge on any atom is 0.312 e. The fourth-order valence-corrected chi connectivity index (χ4v) is 4.34. The number of anilines is 1. The number of rotatable bonds is 9. The summed E-state index contributed by atoms with van der Waals surface area (Å²) in [5, 5.41) is 11.1. The summed E-state index contributed by atoms with van der Waals surface area (Å²) in [4.78, 5) is 25.7. The summed E-state index contributed by atoms with van der Waals surface area (Å²) in [6, 6.07) is 5.29. The molecule has 0 aliphatic heterocycles. The number of benzene rings is 1. The quantitative estimate of drug-likeness (QED) is 0.290. The van der Waals surface area contributed by atoms with Crippen LogP contribution in [0.2, 0.25) is 0 Å². The van der Waals surface area contributed by atoms with Crippen LogP contribution in [0.4, 0.5) is 10.8 Å². The lowest BCUT2D eigenvalue weighted by atomic mass is 10.1. The molecule has 0 bridgehead atoms. The third kappa shape index (κ3) is 5.34. The second kappa shape index (κ2) is 8.73. The zero-order valence-corrected chi connectivity index (χ0v) is 16.0. The molecule has 0 aliphatic carbocycles. The molecule has 1 heterocycles. The standard InChI is InChI=1S/C16H17N3O6S2/c1-3-6-15(20)25-14-10-26-16(17-14)18-27(23,24)13(4-2)11-7-5-8-12(9-11)19(21)22/h4-5,7-10,13H,2-3,6H2,1H3,(H,17,18). The Hall–Kier alpha value is -2.79. The number of hydrogen-bond acceptors (Lipinski definition) is 8. The Balaban J connectivity index is 2.20. The van der Waals surface area contributed by atoms with Gasteiger partial charge < -0.3 is 4.74 Å². The van der Waals surface area contributed by atoms with Crippen molar-refractivity contribution in [3.63, 3.8) is 0 Å². The Bertz CT molecular complexity index is 955. The van der Waals surface area contributed by atoms with Crippen LogP contribution in [0.25, 0.3) is 0 Å². The topological polar surface area (TPSA) is 128 Å². The molecule has 2 aromatic rings. The van der Waals surface area contributed by atoms with E-state index in [0.717, 1.165) is 17.4 Å². The van der Waals surface area contributed by atoms with E-state index in [4.69, 9.17) is 4.74 Å². The minimum Gasteiger partial charge on any atom is -0.406 e. The molecule has 1 N–H and O–H groups in total. The Morgan fingerprint density at radius 1 is 1.52 bits per heavy atom. The molecule has 27 heavy (non-hydrogen) atoms. The van der Waals surface area contributed by atoms with Crippen molar-refractivity contribution in [3.05, 3.63) is 58.0 Å². The van der Waals surface area contributed by atoms with Crippen LogP contribution in [0, 0.1) is 10.1 Å². The van der Waals surface area contributed by atoms with E-state index < -0.39 is 26.2 Å². The second-order valence-corrected chi connectivity index (χ2v) is 8.03. The van der Waals surface area contributed by atoms with Crippen LogP contribution in [-0.2, 0) is 14.8 Å². The van der Waals surface area contributed by atoms with Crippen molar-refractivity contribution < 1.29 is 22.9 Å². The average Bonchev–Trinajstić information content (AvgIpc) is 3.01. The lowest BCUT2D eigenvalue weighted by molar-refractivity contribution is -0.384. The number of nitro groups is 1. The maximum absolute atomic E-state index is 12.7. The van der Waals surface area contributed by atoms with Crippen molar-refractivity contribution in [1.29, 1.82) is 0 Å². The minimum atomic E-state index is -4.03. The summed E-state index contributed by atoms with van der Waals surface area (Å²) >= 11 is 0.946. The first-order valence-electron chi connectivity index (χ1n) is 7.81. The van der Waals surface area contributed by atoms with Crippen molar-refractivity contribution in [1.82, 2.24) is 4.98 Å². The number of non-ortho nitro benzene ring substituents is 1. The molecule has 0 spiro atoms. The maximum atomic E-state index is 12.7. The minimum absolute atomic E-state index is 0.00153. The molecule has 0 saturated heterocycles. The van der Waals surface area contributed by atoms with Crippen molar-refractivity contribution in [2.75, 3.05) is 4.72 Å². The van der Waals surface area contributed by atoms with Gasteiger partial charge in [-0.3, -0.25) is 19.6 Å². The zero-order valence-electron chi connectivity index (χ0n) is 14.3.